The SMILES string of the molecule is CC(C)C(=O)Nc1ccc(C(=O)Oc2cc(Cl)cc(OS(=O)(=O)C=Cc3ccccc3)c2)cc1. The van der Waals surface area contributed by atoms with E-state index in [9.17, 15) is 18.0 Å². The summed E-state index contributed by atoms with van der Waals surface area (Å²) in [7, 11) is -4.08. The molecule has 9 heteroatoms. The van der Waals surface area contributed by atoms with Crippen LogP contribution in [0.4, 0.5) is 5.69 Å². The first-order valence-electron chi connectivity index (χ1n) is 10.2. The summed E-state index contributed by atoms with van der Waals surface area (Å²) < 4.78 is 35.0. The van der Waals surface area contributed by atoms with Crippen LogP contribution in [0.15, 0.2) is 78.2 Å². The van der Waals surface area contributed by atoms with Crippen molar-refractivity contribution in [3.63, 3.8) is 0 Å². The number of halogens is 1. The number of hydrogen-bond donors (Lipinski definition) is 1. The van der Waals surface area contributed by atoms with Crippen LogP contribution in [0.25, 0.3) is 6.08 Å². The minimum Gasteiger partial charge on any atom is -0.423 e. The number of carbonyl (C=O) groups is 2. The largest absolute Gasteiger partial charge is 0.423 e. The van der Waals surface area contributed by atoms with Crippen molar-refractivity contribution in [2.75, 3.05) is 5.32 Å². The third-order valence-corrected chi connectivity index (χ3v) is 5.52. The molecular formula is C25H22ClNO6S. The molecule has 0 aliphatic carbocycles. The lowest BCUT2D eigenvalue weighted by atomic mass is 10.1. The van der Waals surface area contributed by atoms with Crippen molar-refractivity contribution < 1.29 is 26.9 Å². The maximum absolute atomic E-state index is 12.5. The highest BCUT2D eigenvalue weighted by atomic mass is 35.5. The summed E-state index contributed by atoms with van der Waals surface area (Å²) in [6.07, 6.45) is 1.40. The average Bonchev–Trinajstić information content (AvgIpc) is 2.78. The van der Waals surface area contributed by atoms with Gasteiger partial charge in [-0.3, -0.25) is 4.79 Å². The Bertz CT molecular complexity index is 1300. The number of amides is 1. The van der Waals surface area contributed by atoms with E-state index in [0.29, 0.717) is 11.3 Å². The van der Waals surface area contributed by atoms with E-state index >= 15 is 0 Å². The third kappa shape index (κ3) is 7.47. The molecule has 0 spiro atoms. The number of nitrogens with one attached hydrogen (secondary N) is 1. The molecule has 1 amide bonds. The molecule has 34 heavy (non-hydrogen) atoms. The molecule has 0 saturated carbocycles. The molecule has 0 aromatic heterocycles. The van der Waals surface area contributed by atoms with Gasteiger partial charge in [-0.1, -0.05) is 55.8 Å². The number of carbonyl (C=O) groups excluding carboxylic acids is 2. The van der Waals surface area contributed by atoms with Crippen LogP contribution in [-0.4, -0.2) is 20.3 Å². The molecule has 0 atom stereocenters. The Morgan fingerprint density at radius 1 is 0.941 bits per heavy atom. The number of hydrogen-bond acceptors (Lipinski definition) is 6. The summed E-state index contributed by atoms with van der Waals surface area (Å²) in [5.41, 5.74) is 1.45. The summed E-state index contributed by atoms with van der Waals surface area (Å²) in [4.78, 5) is 24.3. The number of esters is 1. The van der Waals surface area contributed by atoms with E-state index in [-0.39, 0.29) is 33.9 Å². The number of anilines is 1. The molecule has 7 nitrogen and oxygen atoms in total. The molecule has 3 aromatic carbocycles. The normalized spacial score (nSPS) is 11.4. The summed E-state index contributed by atoms with van der Waals surface area (Å²) in [6.45, 7) is 3.55. The first-order valence-corrected chi connectivity index (χ1v) is 12.1. The standard InChI is InChI=1S/C25H22ClNO6S/c1-17(2)24(28)27-21-10-8-19(9-11-21)25(29)32-22-14-20(26)15-23(16-22)33-34(30,31)13-12-18-6-4-3-5-7-18/h3-17H,1-2H3,(H,27,28). The lowest BCUT2D eigenvalue weighted by Crippen LogP contribution is -2.17. The Morgan fingerprint density at radius 3 is 2.24 bits per heavy atom. The second kappa shape index (κ2) is 11.0. The van der Waals surface area contributed by atoms with Crippen molar-refractivity contribution >= 4 is 45.4 Å². The lowest BCUT2D eigenvalue weighted by Gasteiger charge is -2.10. The number of ether oxygens (including phenoxy) is 1. The van der Waals surface area contributed by atoms with Gasteiger partial charge in [0.1, 0.15) is 11.5 Å². The topological polar surface area (TPSA) is 98.8 Å². The second-order valence-corrected chi connectivity index (χ2v) is 9.38. The van der Waals surface area contributed by atoms with Crippen LogP contribution in [0.3, 0.4) is 0 Å². The van der Waals surface area contributed by atoms with Crippen LogP contribution in [0.5, 0.6) is 11.5 Å². The Morgan fingerprint density at radius 2 is 1.59 bits per heavy atom. The van der Waals surface area contributed by atoms with Gasteiger partial charge in [0.15, 0.2) is 0 Å². The van der Waals surface area contributed by atoms with Crippen molar-refractivity contribution in [2.45, 2.75) is 13.8 Å². The Kier molecular flexibility index (Phi) is 8.09. The van der Waals surface area contributed by atoms with Crippen molar-refractivity contribution in [1.29, 1.82) is 0 Å². The molecule has 3 aromatic rings. The quantitative estimate of drug-likeness (QED) is 0.248. The highest BCUT2D eigenvalue weighted by Gasteiger charge is 2.14. The van der Waals surface area contributed by atoms with E-state index < -0.39 is 16.1 Å². The van der Waals surface area contributed by atoms with Gasteiger partial charge in [0, 0.05) is 28.8 Å². The Labute approximate surface area is 203 Å². The fourth-order valence-corrected chi connectivity index (χ4v) is 3.63. The van der Waals surface area contributed by atoms with Crippen molar-refractivity contribution in [3.8, 4) is 11.5 Å². The number of benzene rings is 3. The lowest BCUT2D eigenvalue weighted by molar-refractivity contribution is -0.118. The van der Waals surface area contributed by atoms with Gasteiger partial charge in [-0.15, -0.1) is 0 Å². The molecule has 3 rings (SSSR count). The van der Waals surface area contributed by atoms with Crippen LogP contribution >= 0.6 is 11.6 Å². The summed E-state index contributed by atoms with van der Waals surface area (Å²) in [5.74, 6) is -1.12. The van der Waals surface area contributed by atoms with E-state index in [1.54, 1.807) is 50.2 Å². The Balaban J connectivity index is 1.69. The maximum atomic E-state index is 12.5. The van der Waals surface area contributed by atoms with Crippen LogP contribution in [0, 0.1) is 5.92 Å². The molecule has 0 saturated heterocycles. The van der Waals surface area contributed by atoms with E-state index in [1.807, 2.05) is 6.07 Å². The second-order valence-electron chi connectivity index (χ2n) is 7.52. The summed E-state index contributed by atoms with van der Waals surface area (Å²) in [6, 6.07) is 18.9. The molecular weight excluding hydrogens is 478 g/mol. The highest BCUT2D eigenvalue weighted by Crippen LogP contribution is 2.28. The van der Waals surface area contributed by atoms with Crippen LogP contribution < -0.4 is 14.2 Å². The minimum atomic E-state index is -4.08. The predicted molar refractivity (Wildman–Crippen MR) is 131 cm³/mol. The molecule has 0 radical (unpaired) electrons. The van der Waals surface area contributed by atoms with Crippen LogP contribution in [0.2, 0.25) is 5.02 Å². The molecule has 0 fully saturated rings. The van der Waals surface area contributed by atoms with Gasteiger partial charge >= 0.3 is 16.1 Å². The van der Waals surface area contributed by atoms with E-state index in [2.05, 4.69) is 5.32 Å². The van der Waals surface area contributed by atoms with Crippen molar-refractivity contribution in [1.82, 2.24) is 0 Å². The first-order chi connectivity index (χ1) is 16.1. The molecule has 0 aliphatic rings. The summed E-state index contributed by atoms with van der Waals surface area (Å²) in [5, 5.41) is 3.77. The van der Waals surface area contributed by atoms with Crippen LogP contribution in [0.1, 0.15) is 29.8 Å². The fourth-order valence-electron chi connectivity index (χ4n) is 2.67. The number of rotatable bonds is 8. The van der Waals surface area contributed by atoms with Gasteiger partial charge in [0.2, 0.25) is 5.91 Å². The molecule has 0 aliphatic heterocycles. The van der Waals surface area contributed by atoms with Crippen LogP contribution in [-0.2, 0) is 14.9 Å². The van der Waals surface area contributed by atoms with E-state index in [1.165, 1.54) is 36.4 Å². The molecule has 0 unspecified atom stereocenters. The first kappa shape index (κ1) is 25.0. The zero-order chi connectivity index (χ0) is 24.7. The predicted octanol–water partition coefficient (Wildman–Crippen LogP) is 5.53. The highest BCUT2D eigenvalue weighted by molar-refractivity contribution is 7.90. The molecule has 0 bridgehead atoms. The van der Waals surface area contributed by atoms with Gasteiger partial charge < -0.3 is 14.2 Å². The maximum Gasteiger partial charge on any atom is 0.343 e. The fraction of sp³-hybridized carbons (Fsp3) is 0.120. The zero-order valence-corrected chi connectivity index (χ0v) is 20.0. The third-order valence-electron chi connectivity index (χ3n) is 4.41. The molecule has 176 valence electrons. The van der Waals surface area contributed by atoms with Gasteiger partial charge in [0.05, 0.1) is 11.0 Å². The average molecular weight is 500 g/mol. The van der Waals surface area contributed by atoms with Gasteiger partial charge in [-0.25, -0.2) is 4.79 Å². The minimum absolute atomic E-state index is 0.00641. The van der Waals surface area contributed by atoms with Gasteiger partial charge in [-0.05, 0) is 42.0 Å². The van der Waals surface area contributed by atoms with E-state index in [4.69, 9.17) is 20.5 Å². The monoisotopic (exact) mass is 499 g/mol. The van der Waals surface area contributed by atoms with Gasteiger partial charge in [0.25, 0.3) is 0 Å². The van der Waals surface area contributed by atoms with Gasteiger partial charge in [-0.2, -0.15) is 8.42 Å². The zero-order valence-electron chi connectivity index (χ0n) is 18.4. The molecule has 1 N–H and O–H groups in total. The Hall–Kier alpha value is -3.62. The smallest absolute Gasteiger partial charge is 0.343 e. The van der Waals surface area contributed by atoms with E-state index in [0.717, 1.165) is 5.41 Å². The van der Waals surface area contributed by atoms with Crippen molar-refractivity contribution in [3.05, 3.63) is 94.4 Å². The van der Waals surface area contributed by atoms with Crippen molar-refractivity contribution in [2.24, 2.45) is 5.92 Å². The summed E-state index contributed by atoms with van der Waals surface area (Å²) >= 11 is 6.05. The molecule has 0 heterocycles.